The molecule has 1 fully saturated rings. The second-order valence-electron chi connectivity index (χ2n) is 7.31. The predicted octanol–water partition coefficient (Wildman–Crippen LogP) is 2.42. The van der Waals surface area contributed by atoms with Crippen molar-refractivity contribution in [3.05, 3.63) is 65.7 Å². The Balaban J connectivity index is 1.70. The highest BCUT2D eigenvalue weighted by atomic mass is 16.5. The minimum atomic E-state index is -0.952. The number of amides is 1. The minimum Gasteiger partial charge on any atom is -0.489 e. The number of carbonyl (C=O) groups excluding carboxylic acids is 1. The zero-order valence-electron chi connectivity index (χ0n) is 16.2. The number of likely N-dealkylation sites (tertiary alicyclic amines) is 1. The highest BCUT2D eigenvalue weighted by Gasteiger charge is 2.40. The molecule has 0 aliphatic carbocycles. The van der Waals surface area contributed by atoms with Gasteiger partial charge in [-0.25, -0.2) is 4.79 Å². The standard InChI is InChI=1S/C22H26N2O4/c1-23(2)18-13-19(22(26)27)24(14-18)21(25)12-17-10-6-7-11-20(17)28-15-16-8-4-3-5-9-16/h3-11,18-19H,12-15H2,1-2H3,(H,26,27)/t18-,19+/m1/s1. The van der Waals surface area contributed by atoms with Crippen molar-refractivity contribution in [1.29, 1.82) is 0 Å². The average Bonchev–Trinajstić information content (AvgIpc) is 3.14. The molecule has 0 saturated carbocycles. The molecule has 1 heterocycles. The molecule has 6 heteroatoms. The first-order valence-corrected chi connectivity index (χ1v) is 9.39. The van der Waals surface area contributed by atoms with Crippen LogP contribution < -0.4 is 4.74 Å². The number of carboxylic acid groups (broad SMARTS) is 1. The van der Waals surface area contributed by atoms with E-state index in [2.05, 4.69) is 0 Å². The summed E-state index contributed by atoms with van der Waals surface area (Å²) < 4.78 is 5.93. The van der Waals surface area contributed by atoms with E-state index >= 15 is 0 Å². The van der Waals surface area contributed by atoms with Crippen LogP contribution in [0.3, 0.4) is 0 Å². The van der Waals surface area contributed by atoms with Crippen molar-refractivity contribution in [2.24, 2.45) is 0 Å². The largest absolute Gasteiger partial charge is 0.489 e. The monoisotopic (exact) mass is 382 g/mol. The maximum absolute atomic E-state index is 12.9. The Morgan fingerprint density at radius 1 is 1.11 bits per heavy atom. The molecule has 148 valence electrons. The van der Waals surface area contributed by atoms with Crippen LogP contribution in [0.15, 0.2) is 54.6 Å². The van der Waals surface area contributed by atoms with Gasteiger partial charge in [0.05, 0.1) is 6.42 Å². The maximum atomic E-state index is 12.9. The van der Waals surface area contributed by atoms with E-state index in [-0.39, 0.29) is 18.4 Å². The maximum Gasteiger partial charge on any atom is 0.326 e. The molecule has 0 radical (unpaired) electrons. The fourth-order valence-corrected chi connectivity index (χ4v) is 3.49. The first kappa shape index (κ1) is 19.9. The third kappa shape index (κ3) is 4.70. The Bertz CT molecular complexity index is 822. The van der Waals surface area contributed by atoms with Crippen LogP contribution in [0.4, 0.5) is 0 Å². The summed E-state index contributed by atoms with van der Waals surface area (Å²) in [6.45, 7) is 0.839. The fraction of sp³-hybridized carbons (Fsp3) is 0.364. The van der Waals surface area contributed by atoms with Gasteiger partial charge in [-0.15, -0.1) is 0 Å². The molecule has 0 unspecified atom stereocenters. The summed E-state index contributed by atoms with van der Waals surface area (Å²) in [6, 6.07) is 16.5. The smallest absolute Gasteiger partial charge is 0.326 e. The normalized spacial score (nSPS) is 19.0. The van der Waals surface area contributed by atoms with E-state index in [9.17, 15) is 14.7 Å². The van der Waals surface area contributed by atoms with Gasteiger partial charge >= 0.3 is 5.97 Å². The molecule has 1 amide bonds. The van der Waals surface area contributed by atoms with Crippen molar-refractivity contribution in [3.63, 3.8) is 0 Å². The number of para-hydroxylation sites is 1. The molecule has 2 aromatic carbocycles. The molecule has 6 nitrogen and oxygen atoms in total. The Kier molecular flexibility index (Phi) is 6.31. The molecule has 2 atom stereocenters. The quantitative estimate of drug-likeness (QED) is 0.796. The second-order valence-corrected chi connectivity index (χ2v) is 7.31. The Morgan fingerprint density at radius 3 is 2.46 bits per heavy atom. The van der Waals surface area contributed by atoms with Crippen LogP contribution in [0.1, 0.15) is 17.5 Å². The van der Waals surface area contributed by atoms with Gasteiger partial charge in [-0.2, -0.15) is 0 Å². The summed E-state index contributed by atoms with van der Waals surface area (Å²) in [5.74, 6) is -0.492. The third-order valence-electron chi connectivity index (χ3n) is 5.17. The molecule has 2 aromatic rings. The molecule has 0 aromatic heterocycles. The number of carboxylic acids is 1. The van der Waals surface area contributed by atoms with Crippen LogP contribution in [0, 0.1) is 0 Å². The summed E-state index contributed by atoms with van der Waals surface area (Å²) in [5.41, 5.74) is 1.81. The predicted molar refractivity (Wildman–Crippen MR) is 106 cm³/mol. The summed E-state index contributed by atoms with van der Waals surface area (Å²) in [4.78, 5) is 28.0. The van der Waals surface area contributed by atoms with Gasteiger partial charge in [0.15, 0.2) is 0 Å². The molecule has 1 saturated heterocycles. The van der Waals surface area contributed by atoms with Gasteiger partial charge < -0.3 is 19.6 Å². The van der Waals surface area contributed by atoms with Gasteiger partial charge in [0.25, 0.3) is 0 Å². The minimum absolute atomic E-state index is 0.0506. The van der Waals surface area contributed by atoms with Gasteiger partial charge in [-0.1, -0.05) is 48.5 Å². The van der Waals surface area contributed by atoms with Crippen LogP contribution >= 0.6 is 0 Å². The van der Waals surface area contributed by atoms with E-state index in [4.69, 9.17) is 4.74 Å². The molecular formula is C22H26N2O4. The van der Waals surface area contributed by atoms with Gasteiger partial charge in [0, 0.05) is 18.2 Å². The van der Waals surface area contributed by atoms with Crippen LogP contribution in [-0.2, 0) is 22.6 Å². The topological polar surface area (TPSA) is 70.1 Å². The van der Waals surface area contributed by atoms with E-state index in [1.165, 1.54) is 4.90 Å². The van der Waals surface area contributed by atoms with E-state index < -0.39 is 12.0 Å². The van der Waals surface area contributed by atoms with Crippen LogP contribution in [-0.4, -0.2) is 59.5 Å². The number of nitrogens with zero attached hydrogens (tertiary/aromatic N) is 2. The van der Waals surface area contributed by atoms with E-state index in [0.29, 0.717) is 25.3 Å². The SMILES string of the molecule is CN(C)[C@@H]1C[C@@H](C(=O)O)N(C(=O)Cc2ccccc2OCc2ccccc2)C1. The highest BCUT2D eigenvalue weighted by molar-refractivity contribution is 5.86. The molecule has 1 N–H and O–H groups in total. The fourth-order valence-electron chi connectivity index (χ4n) is 3.49. The Labute approximate surface area is 165 Å². The summed E-state index contributed by atoms with van der Waals surface area (Å²) >= 11 is 0. The first-order valence-electron chi connectivity index (χ1n) is 9.39. The summed E-state index contributed by atoms with van der Waals surface area (Å²) in [7, 11) is 3.81. The van der Waals surface area contributed by atoms with Crippen LogP contribution in [0.2, 0.25) is 0 Å². The zero-order chi connectivity index (χ0) is 20.1. The number of hydrogen-bond acceptors (Lipinski definition) is 4. The average molecular weight is 382 g/mol. The third-order valence-corrected chi connectivity index (χ3v) is 5.17. The van der Waals surface area contributed by atoms with Crippen LogP contribution in [0.5, 0.6) is 5.75 Å². The Morgan fingerprint density at radius 2 is 1.79 bits per heavy atom. The van der Waals surface area contributed by atoms with Gasteiger partial charge in [-0.3, -0.25) is 4.79 Å². The van der Waals surface area contributed by atoms with Crippen molar-refractivity contribution in [2.75, 3.05) is 20.6 Å². The van der Waals surface area contributed by atoms with Crippen molar-refractivity contribution in [1.82, 2.24) is 9.80 Å². The molecule has 0 bridgehead atoms. The van der Waals surface area contributed by atoms with Gasteiger partial charge in [-0.05, 0) is 32.1 Å². The number of hydrogen-bond donors (Lipinski definition) is 1. The Hall–Kier alpha value is -2.86. The molecule has 0 spiro atoms. The van der Waals surface area contributed by atoms with E-state index in [1.807, 2.05) is 73.6 Å². The second kappa shape index (κ2) is 8.89. The zero-order valence-corrected chi connectivity index (χ0v) is 16.2. The number of benzene rings is 2. The summed E-state index contributed by atoms with van der Waals surface area (Å²) in [6.07, 6.45) is 0.565. The number of likely N-dealkylation sites (N-methyl/N-ethyl adjacent to an activating group) is 1. The first-order chi connectivity index (χ1) is 13.5. The van der Waals surface area contributed by atoms with Gasteiger partial charge in [0.1, 0.15) is 18.4 Å². The highest BCUT2D eigenvalue weighted by Crippen LogP contribution is 2.25. The summed E-state index contributed by atoms with van der Waals surface area (Å²) in [5, 5.41) is 9.53. The lowest BCUT2D eigenvalue weighted by Crippen LogP contribution is -2.41. The van der Waals surface area contributed by atoms with E-state index in [0.717, 1.165) is 11.1 Å². The molecule has 1 aliphatic rings. The molecular weight excluding hydrogens is 356 g/mol. The van der Waals surface area contributed by atoms with Crippen LogP contribution in [0.25, 0.3) is 0 Å². The lowest BCUT2D eigenvalue weighted by molar-refractivity contribution is -0.148. The number of aliphatic carboxylic acids is 1. The van der Waals surface area contributed by atoms with Gasteiger partial charge in [0.2, 0.25) is 5.91 Å². The molecule has 28 heavy (non-hydrogen) atoms. The van der Waals surface area contributed by atoms with Crippen molar-refractivity contribution >= 4 is 11.9 Å². The lowest BCUT2D eigenvalue weighted by Gasteiger charge is -2.23. The molecule has 1 aliphatic heterocycles. The number of ether oxygens (including phenoxy) is 1. The van der Waals surface area contributed by atoms with Crippen molar-refractivity contribution in [3.8, 4) is 5.75 Å². The molecule has 3 rings (SSSR count). The lowest BCUT2D eigenvalue weighted by atomic mass is 10.1. The van der Waals surface area contributed by atoms with Crippen molar-refractivity contribution in [2.45, 2.75) is 31.5 Å². The van der Waals surface area contributed by atoms with Crippen molar-refractivity contribution < 1.29 is 19.4 Å². The van der Waals surface area contributed by atoms with E-state index in [1.54, 1.807) is 0 Å². The number of carbonyl (C=O) groups is 2. The number of rotatable bonds is 7.